The van der Waals surface area contributed by atoms with Crippen LogP contribution in [0.2, 0.25) is 0 Å². The first-order valence-electron chi connectivity index (χ1n) is 8.65. The quantitative estimate of drug-likeness (QED) is 0.604. The van der Waals surface area contributed by atoms with Crippen LogP contribution in [0, 0.1) is 0 Å². The van der Waals surface area contributed by atoms with Gasteiger partial charge in [-0.1, -0.05) is 12.1 Å². The summed E-state index contributed by atoms with van der Waals surface area (Å²) in [5.74, 6) is 1.83. The third kappa shape index (κ3) is 6.02. The van der Waals surface area contributed by atoms with Gasteiger partial charge < -0.3 is 19.7 Å². The molecule has 0 saturated carbocycles. The van der Waals surface area contributed by atoms with Crippen molar-refractivity contribution >= 4 is 5.96 Å². The minimum atomic E-state index is 0.801. The van der Waals surface area contributed by atoms with Crippen LogP contribution in [-0.2, 0) is 11.3 Å². The zero-order valence-electron chi connectivity index (χ0n) is 15.1. The van der Waals surface area contributed by atoms with E-state index < -0.39 is 0 Å². The molecule has 1 aromatic rings. The molecule has 1 N–H and O–H groups in total. The lowest BCUT2D eigenvalue weighted by Gasteiger charge is -2.26. The van der Waals surface area contributed by atoms with Gasteiger partial charge in [0.15, 0.2) is 5.96 Å². The normalized spacial score (nSPS) is 16.0. The van der Waals surface area contributed by atoms with E-state index >= 15 is 0 Å². The van der Waals surface area contributed by atoms with Gasteiger partial charge in [-0.05, 0) is 24.6 Å². The Balaban J connectivity index is 1.87. The summed E-state index contributed by atoms with van der Waals surface area (Å²) in [7, 11) is 3.76. The molecule has 0 bridgehead atoms. The molecule has 0 amide bonds. The van der Waals surface area contributed by atoms with Crippen LogP contribution in [-0.4, -0.2) is 75.9 Å². The van der Waals surface area contributed by atoms with Crippen LogP contribution in [0.4, 0.5) is 0 Å². The highest BCUT2D eigenvalue weighted by Crippen LogP contribution is 2.12. The highest BCUT2D eigenvalue weighted by atomic mass is 16.5. The summed E-state index contributed by atoms with van der Waals surface area (Å²) < 4.78 is 10.6. The predicted octanol–water partition coefficient (Wildman–Crippen LogP) is 1.42. The third-order valence-corrected chi connectivity index (χ3v) is 4.06. The summed E-state index contributed by atoms with van der Waals surface area (Å²) in [6, 6.07) is 8.16. The van der Waals surface area contributed by atoms with Crippen molar-refractivity contribution in [1.29, 1.82) is 0 Å². The van der Waals surface area contributed by atoms with Gasteiger partial charge in [-0.25, -0.2) is 0 Å². The summed E-state index contributed by atoms with van der Waals surface area (Å²) in [6.45, 7) is 9.24. The summed E-state index contributed by atoms with van der Waals surface area (Å²) >= 11 is 0. The van der Waals surface area contributed by atoms with Crippen molar-refractivity contribution in [1.82, 2.24) is 15.1 Å². The lowest BCUT2D eigenvalue weighted by Crippen LogP contribution is -2.40. The molecule has 1 aliphatic heterocycles. The maximum Gasteiger partial charge on any atom is 0.194 e. The Labute approximate surface area is 145 Å². The van der Waals surface area contributed by atoms with Crippen molar-refractivity contribution in [2.75, 3.05) is 60.1 Å². The number of rotatable bonds is 7. The number of ether oxygens (including phenoxy) is 2. The Kier molecular flexibility index (Phi) is 7.85. The van der Waals surface area contributed by atoms with E-state index in [1.165, 1.54) is 5.56 Å². The van der Waals surface area contributed by atoms with Crippen molar-refractivity contribution in [2.24, 2.45) is 4.99 Å². The number of nitrogens with zero attached hydrogens (tertiary/aromatic N) is 3. The molecule has 0 unspecified atom stereocenters. The Morgan fingerprint density at radius 2 is 2.00 bits per heavy atom. The molecule has 6 nitrogen and oxygen atoms in total. The molecule has 134 valence electrons. The minimum Gasteiger partial charge on any atom is -0.497 e. The van der Waals surface area contributed by atoms with E-state index in [1.54, 1.807) is 7.11 Å². The van der Waals surface area contributed by atoms with Crippen molar-refractivity contribution in [3.63, 3.8) is 0 Å². The van der Waals surface area contributed by atoms with E-state index in [0.717, 1.165) is 64.2 Å². The van der Waals surface area contributed by atoms with Crippen LogP contribution < -0.4 is 10.1 Å². The molecule has 1 aliphatic rings. The molecule has 1 heterocycles. The van der Waals surface area contributed by atoms with Crippen LogP contribution in [0.5, 0.6) is 5.75 Å². The fourth-order valence-electron chi connectivity index (χ4n) is 2.67. The second-order valence-corrected chi connectivity index (χ2v) is 5.89. The van der Waals surface area contributed by atoms with E-state index in [1.807, 2.05) is 12.1 Å². The number of hydrogen-bond donors (Lipinski definition) is 1. The lowest BCUT2D eigenvalue weighted by molar-refractivity contribution is 0.0394. The van der Waals surface area contributed by atoms with E-state index in [0.29, 0.717) is 0 Å². The zero-order chi connectivity index (χ0) is 17.2. The van der Waals surface area contributed by atoms with Gasteiger partial charge >= 0.3 is 0 Å². The number of morpholine rings is 1. The topological polar surface area (TPSA) is 49.3 Å². The predicted molar refractivity (Wildman–Crippen MR) is 97.7 cm³/mol. The Bertz CT molecular complexity index is 498. The first-order chi connectivity index (χ1) is 11.7. The fourth-order valence-corrected chi connectivity index (χ4v) is 2.67. The first kappa shape index (κ1) is 18.5. The fraction of sp³-hybridized carbons (Fsp3) is 0.611. The Morgan fingerprint density at radius 3 is 2.62 bits per heavy atom. The molecule has 0 aliphatic carbocycles. The highest BCUT2D eigenvalue weighted by Gasteiger charge is 2.10. The minimum absolute atomic E-state index is 0.801. The smallest absolute Gasteiger partial charge is 0.194 e. The molecule has 2 rings (SSSR count). The van der Waals surface area contributed by atoms with Gasteiger partial charge in [0.25, 0.3) is 0 Å². The van der Waals surface area contributed by atoms with E-state index in [2.05, 4.69) is 41.2 Å². The van der Waals surface area contributed by atoms with Gasteiger partial charge in [-0.15, -0.1) is 0 Å². The molecule has 6 heteroatoms. The standard InChI is InChI=1S/C18H30N4O2/c1-4-19-18(20-9-10-22-11-13-24-14-12-22)21(2)15-16-5-7-17(23-3)8-6-16/h5-8H,4,9-15H2,1-3H3,(H,19,20). The zero-order valence-corrected chi connectivity index (χ0v) is 15.1. The van der Waals surface area contributed by atoms with Crippen molar-refractivity contribution in [2.45, 2.75) is 13.5 Å². The van der Waals surface area contributed by atoms with Crippen LogP contribution in [0.25, 0.3) is 0 Å². The number of benzene rings is 1. The average molecular weight is 334 g/mol. The largest absolute Gasteiger partial charge is 0.497 e. The molecule has 0 aromatic heterocycles. The van der Waals surface area contributed by atoms with Crippen LogP contribution in [0.3, 0.4) is 0 Å². The molecule has 0 spiro atoms. The Morgan fingerprint density at radius 1 is 1.29 bits per heavy atom. The first-order valence-corrected chi connectivity index (χ1v) is 8.65. The summed E-state index contributed by atoms with van der Waals surface area (Å²) in [5, 5.41) is 3.37. The molecule has 1 aromatic carbocycles. The van der Waals surface area contributed by atoms with Gasteiger partial charge in [0, 0.05) is 39.8 Å². The SMILES string of the molecule is CCNC(=NCCN1CCOCC1)N(C)Cc1ccc(OC)cc1. The number of hydrogen-bond acceptors (Lipinski definition) is 4. The molecular weight excluding hydrogens is 304 g/mol. The average Bonchev–Trinajstić information content (AvgIpc) is 2.62. The summed E-state index contributed by atoms with van der Waals surface area (Å²) in [4.78, 5) is 9.32. The maximum atomic E-state index is 5.38. The van der Waals surface area contributed by atoms with Gasteiger partial charge in [0.05, 0.1) is 26.9 Å². The van der Waals surface area contributed by atoms with Gasteiger partial charge in [0.1, 0.15) is 5.75 Å². The monoisotopic (exact) mass is 334 g/mol. The van der Waals surface area contributed by atoms with Gasteiger partial charge in [-0.2, -0.15) is 0 Å². The van der Waals surface area contributed by atoms with E-state index in [9.17, 15) is 0 Å². The number of methoxy groups -OCH3 is 1. The second kappa shape index (κ2) is 10.2. The molecule has 1 fully saturated rings. The molecule has 24 heavy (non-hydrogen) atoms. The third-order valence-electron chi connectivity index (χ3n) is 4.06. The van der Waals surface area contributed by atoms with Crippen LogP contribution >= 0.6 is 0 Å². The highest BCUT2D eigenvalue weighted by molar-refractivity contribution is 5.79. The summed E-state index contributed by atoms with van der Waals surface area (Å²) in [6.07, 6.45) is 0. The molecule has 0 atom stereocenters. The van der Waals surface area contributed by atoms with Crippen molar-refractivity contribution in [3.8, 4) is 5.75 Å². The number of nitrogens with one attached hydrogen (secondary N) is 1. The van der Waals surface area contributed by atoms with E-state index in [4.69, 9.17) is 14.5 Å². The van der Waals surface area contributed by atoms with Crippen molar-refractivity contribution < 1.29 is 9.47 Å². The Hall–Kier alpha value is -1.79. The molecule has 1 saturated heterocycles. The van der Waals surface area contributed by atoms with Gasteiger partial charge in [-0.3, -0.25) is 9.89 Å². The second-order valence-electron chi connectivity index (χ2n) is 5.89. The number of guanidine groups is 1. The molecule has 0 radical (unpaired) electrons. The van der Waals surface area contributed by atoms with Crippen LogP contribution in [0.1, 0.15) is 12.5 Å². The summed E-state index contributed by atoms with van der Waals surface area (Å²) in [5.41, 5.74) is 1.23. The molecular formula is C18H30N4O2. The lowest BCUT2D eigenvalue weighted by atomic mass is 10.2. The maximum absolute atomic E-state index is 5.38. The van der Waals surface area contributed by atoms with Gasteiger partial charge in [0.2, 0.25) is 0 Å². The van der Waals surface area contributed by atoms with E-state index in [-0.39, 0.29) is 0 Å². The van der Waals surface area contributed by atoms with Crippen LogP contribution in [0.15, 0.2) is 29.3 Å². The number of aliphatic imine (C=N–C) groups is 1. The van der Waals surface area contributed by atoms with Crippen molar-refractivity contribution in [3.05, 3.63) is 29.8 Å².